The Labute approximate surface area is 448 Å². The van der Waals surface area contributed by atoms with Crippen molar-refractivity contribution < 1.29 is 28.6 Å². The minimum atomic E-state index is -0.826. The van der Waals surface area contributed by atoms with Crippen LogP contribution in [-0.4, -0.2) is 37.2 Å². The van der Waals surface area contributed by atoms with Crippen LogP contribution in [-0.2, 0) is 28.6 Å². The molecule has 0 rings (SSSR count). The molecule has 0 aliphatic heterocycles. The number of rotatable bonds is 51. The van der Waals surface area contributed by atoms with Crippen LogP contribution in [0.25, 0.3) is 0 Å². The second kappa shape index (κ2) is 59.8. The Morgan fingerprint density at radius 1 is 0.288 bits per heavy atom. The number of allylic oxidation sites excluding steroid dienone is 24. The lowest BCUT2D eigenvalue weighted by Crippen LogP contribution is -2.30. The van der Waals surface area contributed by atoms with Gasteiger partial charge in [0.05, 0.1) is 0 Å². The summed E-state index contributed by atoms with van der Waals surface area (Å²) in [6, 6.07) is 0. The van der Waals surface area contributed by atoms with Crippen LogP contribution in [0.4, 0.5) is 0 Å². The lowest BCUT2D eigenvalue weighted by molar-refractivity contribution is -0.167. The van der Waals surface area contributed by atoms with Crippen LogP contribution in [0.15, 0.2) is 146 Å². The third-order valence-corrected chi connectivity index (χ3v) is 11.8. The summed E-state index contributed by atoms with van der Waals surface area (Å²) in [5, 5.41) is 0. The molecular formula is C67H106O6. The Morgan fingerprint density at radius 3 is 0.836 bits per heavy atom. The first-order valence-electron chi connectivity index (χ1n) is 29.3. The molecule has 0 aromatic heterocycles. The smallest absolute Gasteiger partial charge is 0.306 e. The molecule has 0 heterocycles. The molecule has 0 saturated carbocycles. The number of hydrogen-bond donors (Lipinski definition) is 0. The average molecular weight is 1010 g/mol. The van der Waals surface area contributed by atoms with Gasteiger partial charge in [-0.15, -0.1) is 0 Å². The van der Waals surface area contributed by atoms with E-state index in [1.807, 2.05) is 0 Å². The van der Waals surface area contributed by atoms with Gasteiger partial charge in [-0.2, -0.15) is 0 Å². The molecule has 0 N–H and O–H groups in total. The molecule has 6 nitrogen and oxygen atoms in total. The Hall–Kier alpha value is -4.71. The van der Waals surface area contributed by atoms with Crippen LogP contribution >= 0.6 is 0 Å². The zero-order valence-electron chi connectivity index (χ0n) is 46.8. The highest BCUT2D eigenvalue weighted by molar-refractivity contribution is 5.71. The van der Waals surface area contributed by atoms with Gasteiger partial charge in [-0.3, -0.25) is 14.4 Å². The van der Waals surface area contributed by atoms with Crippen molar-refractivity contribution >= 4 is 17.9 Å². The molecule has 0 aliphatic rings. The standard InChI is InChI=1S/C67H106O6/c1-4-7-10-13-16-19-22-25-28-31-33-36-39-42-45-48-51-54-57-60-66(69)72-63-64(62-71-65(68)59-56-53-50-47-44-41-38-35-30-27-24-21-18-15-12-9-6-3)73-67(70)61-58-55-52-49-46-43-40-37-34-32-29-26-23-20-17-14-11-8-5-2/h9,12,16-21,25-30,33-34,36-38,41-43,45-46,64H,4-8,10-11,13-15,22-24,31-32,35,39-40,44,47-63H2,1-3H3/b12-9-,19-16-,20-17-,21-18-,28-25-,29-26-,30-27-,36-33-,37-34-,41-38-,45-42-,46-43-/t64-/m1/s1. The SMILES string of the molecule is CC/C=C\C/C=C\C/C=C\C/C=C\CCCCCCC(=O)OC[C@H](COC(=O)CCCCC/C=C\C/C=C\C/C=C\C/C=C\CCCCC)OC(=O)CCCCC/C=C\C/C=C\C/C=C\C/C=C\CCCCC. The topological polar surface area (TPSA) is 78.9 Å². The van der Waals surface area contributed by atoms with Gasteiger partial charge in [-0.05, 0) is 148 Å². The van der Waals surface area contributed by atoms with Gasteiger partial charge in [0.2, 0.25) is 0 Å². The van der Waals surface area contributed by atoms with Crippen molar-refractivity contribution in [2.45, 2.75) is 245 Å². The fraction of sp³-hybridized carbons (Fsp3) is 0.597. The zero-order chi connectivity index (χ0) is 52.9. The van der Waals surface area contributed by atoms with E-state index in [4.69, 9.17) is 14.2 Å². The van der Waals surface area contributed by atoms with Crippen LogP contribution in [0, 0.1) is 0 Å². The molecule has 0 saturated heterocycles. The van der Waals surface area contributed by atoms with E-state index in [1.165, 1.54) is 51.4 Å². The highest BCUT2D eigenvalue weighted by Gasteiger charge is 2.19. The minimum absolute atomic E-state index is 0.120. The second-order valence-corrected chi connectivity index (χ2v) is 18.8. The maximum absolute atomic E-state index is 12.9. The van der Waals surface area contributed by atoms with Crippen molar-refractivity contribution in [3.8, 4) is 0 Å². The van der Waals surface area contributed by atoms with Gasteiger partial charge in [-0.25, -0.2) is 0 Å². The number of hydrogen-bond acceptors (Lipinski definition) is 6. The van der Waals surface area contributed by atoms with Gasteiger partial charge in [0.25, 0.3) is 0 Å². The Kier molecular flexibility index (Phi) is 56.0. The molecular weight excluding hydrogens is 901 g/mol. The summed E-state index contributed by atoms with van der Waals surface area (Å²) in [5.74, 6) is -1.01. The molecule has 0 unspecified atom stereocenters. The van der Waals surface area contributed by atoms with E-state index in [1.54, 1.807) is 0 Å². The molecule has 0 spiro atoms. The second-order valence-electron chi connectivity index (χ2n) is 18.8. The highest BCUT2D eigenvalue weighted by atomic mass is 16.6. The van der Waals surface area contributed by atoms with Crippen LogP contribution in [0.3, 0.4) is 0 Å². The third-order valence-electron chi connectivity index (χ3n) is 11.8. The highest BCUT2D eigenvalue weighted by Crippen LogP contribution is 2.12. The first-order valence-corrected chi connectivity index (χ1v) is 29.3. The largest absolute Gasteiger partial charge is 0.462 e. The van der Waals surface area contributed by atoms with Crippen molar-refractivity contribution in [1.29, 1.82) is 0 Å². The monoisotopic (exact) mass is 1010 g/mol. The summed E-state index contributed by atoms with van der Waals surface area (Å²) in [5.41, 5.74) is 0. The summed E-state index contributed by atoms with van der Waals surface area (Å²) < 4.78 is 16.8. The predicted octanol–water partition coefficient (Wildman–Crippen LogP) is 20.0. The van der Waals surface area contributed by atoms with E-state index in [9.17, 15) is 14.4 Å². The van der Waals surface area contributed by atoms with Gasteiger partial charge in [0, 0.05) is 19.3 Å². The number of esters is 3. The first kappa shape index (κ1) is 68.3. The van der Waals surface area contributed by atoms with E-state index in [-0.39, 0.29) is 37.5 Å². The summed E-state index contributed by atoms with van der Waals surface area (Å²) in [4.78, 5) is 38.2. The Bertz CT molecular complexity index is 1630. The van der Waals surface area contributed by atoms with Crippen molar-refractivity contribution in [3.05, 3.63) is 146 Å². The fourth-order valence-electron chi connectivity index (χ4n) is 7.40. The number of carbonyl (C=O) groups excluding carboxylic acids is 3. The van der Waals surface area contributed by atoms with Gasteiger partial charge in [0.1, 0.15) is 13.2 Å². The van der Waals surface area contributed by atoms with Crippen molar-refractivity contribution in [3.63, 3.8) is 0 Å². The number of unbranched alkanes of at least 4 members (excludes halogenated alkanes) is 16. The van der Waals surface area contributed by atoms with E-state index in [0.29, 0.717) is 19.3 Å². The maximum atomic E-state index is 12.9. The van der Waals surface area contributed by atoms with E-state index in [2.05, 4.69) is 167 Å². The molecule has 0 radical (unpaired) electrons. The van der Waals surface area contributed by atoms with Crippen LogP contribution < -0.4 is 0 Å². The van der Waals surface area contributed by atoms with Crippen molar-refractivity contribution in [2.24, 2.45) is 0 Å². The first-order chi connectivity index (χ1) is 36.0. The molecule has 0 amide bonds. The van der Waals surface area contributed by atoms with Crippen LogP contribution in [0.2, 0.25) is 0 Å². The molecule has 0 bridgehead atoms. The molecule has 0 aromatic carbocycles. The van der Waals surface area contributed by atoms with E-state index in [0.717, 1.165) is 141 Å². The van der Waals surface area contributed by atoms with Gasteiger partial charge < -0.3 is 14.2 Å². The summed E-state index contributed by atoms with van der Waals surface area (Å²) >= 11 is 0. The van der Waals surface area contributed by atoms with Gasteiger partial charge in [-0.1, -0.05) is 218 Å². The molecule has 6 heteroatoms. The Morgan fingerprint density at radius 2 is 0.534 bits per heavy atom. The maximum Gasteiger partial charge on any atom is 0.306 e. The molecule has 410 valence electrons. The van der Waals surface area contributed by atoms with Crippen LogP contribution in [0.1, 0.15) is 239 Å². The molecule has 73 heavy (non-hydrogen) atoms. The number of carbonyl (C=O) groups is 3. The fourth-order valence-corrected chi connectivity index (χ4v) is 7.40. The predicted molar refractivity (Wildman–Crippen MR) is 315 cm³/mol. The number of ether oxygens (including phenoxy) is 3. The zero-order valence-corrected chi connectivity index (χ0v) is 46.8. The molecule has 0 fully saturated rings. The van der Waals surface area contributed by atoms with Crippen molar-refractivity contribution in [1.82, 2.24) is 0 Å². The summed E-state index contributed by atoms with van der Waals surface area (Å²) in [7, 11) is 0. The minimum Gasteiger partial charge on any atom is -0.462 e. The summed E-state index contributed by atoms with van der Waals surface area (Å²) in [6.07, 6.45) is 85.4. The molecule has 0 aliphatic carbocycles. The summed E-state index contributed by atoms with van der Waals surface area (Å²) in [6.45, 7) is 6.38. The van der Waals surface area contributed by atoms with Gasteiger partial charge >= 0.3 is 17.9 Å². The third kappa shape index (κ3) is 58.1. The van der Waals surface area contributed by atoms with E-state index < -0.39 is 6.10 Å². The lowest BCUT2D eigenvalue weighted by Gasteiger charge is -2.18. The molecule has 0 aromatic rings. The Balaban J connectivity index is 4.59. The molecule has 1 atom stereocenters. The quantitative estimate of drug-likeness (QED) is 0.0261. The van der Waals surface area contributed by atoms with Gasteiger partial charge in [0.15, 0.2) is 6.10 Å². The lowest BCUT2D eigenvalue weighted by atomic mass is 10.1. The van der Waals surface area contributed by atoms with Crippen molar-refractivity contribution in [2.75, 3.05) is 13.2 Å². The normalized spacial score (nSPS) is 13.2. The van der Waals surface area contributed by atoms with E-state index >= 15 is 0 Å². The average Bonchev–Trinajstić information content (AvgIpc) is 3.39. The van der Waals surface area contributed by atoms with Crippen LogP contribution in [0.5, 0.6) is 0 Å².